The standard InChI is InChI=1S/C14H17Cl2F2N3O2/c1-4-12-19-21(14(22)20(12)13(17)18)10-6-11(23-7(2)3)9(16)5-8(10)15/h5-7,12-13,19H,4H2,1-3H3. The first-order chi connectivity index (χ1) is 10.8. The lowest BCUT2D eigenvalue weighted by molar-refractivity contribution is -0.0127. The fourth-order valence-corrected chi connectivity index (χ4v) is 2.74. The van der Waals surface area contributed by atoms with Gasteiger partial charge in [-0.3, -0.25) is 0 Å². The number of carbonyl (C=O) groups is 1. The van der Waals surface area contributed by atoms with Gasteiger partial charge >= 0.3 is 12.6 Å². The molecule has 1 heterocycles. The van der Waals surface area contributed by atoms with Crippen LogP contribution in [0.5, 0.6) is 5.75 Å². The topological polar surface area (TPSA) is 44.8 Å². The van der Waals surface area contributed by atoms with Gasteiger partial charge in [0.25, 0.3) is 0 Å². The zero-order valence-electron chi connectivity index (χ0n) is 12.8. The van der Waals surface area contributed by atoms with Crippen molar-refractivity contribution in [3.8, 4) is 5.75 Å². The van der Waals surface area contributed by atoms with Gasteiger partial charge in [-0.1, -0.05) is 30.1 Å². The first kappa shape index (κ1) is 18.0. The minimum Gasteiger partial charge on any atom is -0.489 e. The highest BCUT2D eigenvalue weighted by Gasteiger charge is 2.42. The van der Waals surface area contributed by atoms with E-state index in [9.17, 15) is 13.6 Å². The highest BCUT2D eigenvalue weighted by atomic mass is 35.5. The summed E-state index contributed by atoms with van der Waals surface area (Å²) in [6.45, 7) is 2.41. The van der Waals surface area contributed by atoms with Crippen molar-refractivity contribution >= 4 is 34.9 Å². The second kappa shape index (κ2) is 7.07. The first-order valence-electron chi connectivity index (χ1n) is 7.08. The molecule has 9 heteroatoms. The number of hydrazine groups is 1. The Morgan fingerprint density at radius 1 is 1.30 bits per heavy atom. The highest BCUT2D eigenvalue weighted by Crippen LogP contribution is 2.38. The predicted molar refractivity (Wildman–Crippen MR) is 85.2 cm³/mol. The molecule has 2 amide bonds. The summed E-state index contributed by atoms with van der Waals surface area (Å²) in [6.07, 6.45) is -0.652. The Bertz CT molecular complexity index is 602. The number of hydrogen-bond donors (Lipinski definition) is 1. The number of benzene rings is 1. The SMILES string of the molecule is CCC1NN(c2cc(OC(C)C)c(Cl)cc2Cl)C(=O)N1C(F)F. The quantitative estimate of drug-likeness (QED) is 0.780. The van der Waals surface area contributed by atoms with Crippen molar-refractivity contribution in [1.82, 2.24) is 10.3 Å². The maximum atomic E-state index is 13.1. The normalized spacial score (nSPS) is 18.5. The lowest BCUT2D eigenvalue weighted by atomic mass is 10.3. The van der Waals surface area contributed by atoms with Gasteiger partial charge in [0.15, 0.2) is 0 Å². The fourth-order valence-electron chi connectivity index (χ4n) is 2.23. The van der Waals surface area contributed by atoms with Crippen LogP contribution < -0.4 is 15.2 Å². The molecule has 0 spiro atoms. The van der Waals surface area contributed by atoms with E-state index in [-0.39, 0.29) is 21.8 Å². The summed E-state index contributed by atoms with van der Waals surface area (Å²) in [6, 6.07) is 1.99. The van der Waals surface area contributed by atoms with Gasteiger partial charge in [-0.15, -0.1) is 0 Å². The van der Waals surface area contributed by atoms with E-state index < -0.39 is 18.7 Å². The Labute approximate surface area is 143 Å². The molecule has 1 fully saturated rings. The highest BCUT2D eigenvalue weighted by molar-refractivity contribution is 6.37. The van der Waals surface area contributed by atoms with E-state index in [1.807, 2.05) is 13.8 Å². The molecule has 1 unspecified atom stereocenters. The molecule has 5 nitrogen and oxygen atoms in total. The molecule has 2 rings (SSSR count). The third-order valence-electron chi connectivity index (χ3n) is 3.23. The van der Waals surface area contributed by atoms with E-state index in [1.54, 1.807) is 6.92 Å². The molecule has 1 aliphatic heterocycles. The maximum absolute atomic E-state index is 13.1. The van der Waals surface area contributed by atoms with Crippen molar-refractivity contribution in [2.75, 3.05) is 5.01 Å². The van der Waals surface area contributed by atoms with Crippen LogP contribution >= 0.6 is 23.2 Å². The molecule has 1 aliphatic rings. The van der Waals surface area contributed by atoms with Crippen molar-refractivity contribution < 1.29 is 18.3 Å². The Morgan fingerprint density at radius 2 is 1.96 bits per heavy atom. The summed E-state index contributed by atoms with van der Waals surface area (Å²) in [5.74, 6) is 0.319. The van der Waals surface area contributed by atoms with Crippen LogP contribution in [-0.4, -0.2) is 29.8 Å². The number of rotatable bonds is 5. The molecular weight excluding hydrogens is 351 g/mol. The van der Waals surface area contributed by atoms with Crippen LogP contribution in [0, 0.1) is 0 Å². The first-order valence-corrected chi connectivity index (χ1v) is 7.84. The van der Waals surface area contributed by atoms with E-state index in [1.165, 1.54) is 12.1 Å². The van der Waals surface area contributed by atoms with Gasteiger partial charge in [-0.25, -0.2) is 20.1 Å². The van der Waals surface area contributed by atoms with Gasteiger partial charge < -0.3 is 4.74 Å². The molecule has 1 saturated heterocycles. The second-order valence-corrected chi connectivity index (χ2v) is 6.07. The van der Waals surface area contributed by atoms with Crippen molar-refractivity contribution in [1.29, 1.82) is 0 Å². The van der Waals surface area contributed by atoms with Crippen LogP contribution in [0.1, 0.15) is 27.2 Å². The number of carbonyl (C=O) groups excluding carboxylic acids is 1. The summed E-state index contributed by atoms with van der Waals surface area (Å²) < 4.78 is 31.7. The number of amides is 2. The third kappa shape index (κ3) is 3.62. The summed E-state index contributed by atoms with van der Waals surface area (Å²) in [7, 11) is 0. The molecule has 1 N–H and O–H groups in total. The van der Waals surface area contributed by atoms with E-state index in [2.05, 4.69) is 5.43 Å². The minimum atomic E-state index is -2.91. The monoisotopic (exact) mass is 367 g/mol. The van der Waals surface area contributed by atoms with Crippen LogP contribution in [0.15, 0.2) is 12.1 Å². The molecule has 0 radical (unpaired) electrons. The molecule has 1 aromatic carbocycles. The van der Waals surface area contributed by atoms with Crippen molar-refractivity contribution in [3.05, 3.63) is 22.2 Å². The zero-order valence-corrected chi connectivity index (χ0v) is 14.3. The smallest absolute Gasteiger partial charge is 0.344 e. The Kier molecular flexibility index (Phi) is 5.54. The lowest BCUT2D eigenvalue weighted by Gasteiger charge is -2.20. The average molecular weight is 368 g/mol. The van der Waals surface area contributed by atoms with Gasteiger partial charge in [0.2, 0.25) is 0 Å². The Hall–Kier alpha value is -1.31. The number of anilines is 1. The van der Waals surface area contributed by atoms with Gasteiger partial charge in [0.1, 0.15) is 11.9 Å². The van der Waals surface area contributed by atoms with Gasteiger partial charge in [0, 0.05) is 6.07 Å². The van der Waals surface area contributed by atoms with Crippen LogP contribution in [0.4, 0.5) is 19.3 Å². The summed E-state index contributed by atoms with van der Waals surface area (Å²) in [5, 5.41) is 1.42. The van der Waals surface area contributed by atoms with E-state index >= 15 is 0 Å². The number of ether oxygens (including phenoxy) is 1. The molecule has 1 aromatic rings. The number of nitrogens with one attached hydrogen (secondary N) is 1. The van der Waals surface area contributed by atoms with E-state index in [4.69, 9.17) is 27.9 Å². The van der Waals surface area contributed by atoms with Crippen LogP contribution in [0.25, 0.3) is 0 Å². The van der Waals surface area contributed by atoms with E-state index in [0.717, 1.165) is 5.01 Å². The molecule has 0 aromatic heterocycles. The average Bonchev–Trinajstić information content (AvgIpc) is 2.78. The van der Waals surface area contributed by atoms with Crippen LogP contribution in [-0.2, 0) is 0 Å². The molecule has 1 atom stereocenters. The molecule has 128 valence electrons. The van der Waals surface area contributed by atoms with Crippen molar-refractivity contribution in [2.45, 2.75) is 46.0 Å². The molecule has 0 bridgehead atoms. The van der Waals surface area contributed by atoms with Crippen LogP contribution in [0.3, 0.4) is 0 Å². The fraction of sp³-hybridized carbons (Fsp3) is 0.500. The number of hydrogen-bond acceptors (Lipinski definition) is 3. The van der Waals surface area contributed by atoms with Crippen molar-refractivity contribution in [3.63, 3.8) is 0 Å². The molecule has 23 heavy (non-hydrogen) atoms. The minimum absolute atomic E-state index is 0.148. The Morgan fingerprint density at radius 3 is 2.43 bits per heavy atom. The number of nitrogens with zero attached hydrogens (tertiary/aromatic N) is 2. The number of alkyl halides is 2. The zero-order chi connectivity index (χ0) is 17.3. The third-order valence-corrected chi connectivity index (χ3v) is 3.83. The summed E-state index contributed by atoms with van der Waals surface area (Å²) in [4.78, 5) is 12.7. The van der Waals surface area contributed by atoms with Gasteiger partial charge in [-0.2, -0.15) is 8.78 Å². The lowest BCUT2D eigenvalue weighted by Crippen LogP contribution is -2.39. The molecule has 0 saturated carbocycles. The van der Waals surface area contributed by atoms with Crippen LogP contribution in [0.2, 0.25) is 10.0 Å². The number of halogens is 4. The molecular formula is C14H17Cl2F2N3O2. The summed E-state index contributed by atoms with van der Waals surface area (Å²) >= 11 is 12.2. The number of urea groups is 1. The Balaban J connectivity index is 2.40. The largest absolute Gasteiger partial charge is 0.489 e. The van der Waals surface area contributed by atoms with Gasteiger partial charge in [-0.05, 0) is 26.3 Å². The van der Waals surface area contributed by atoms with E-state index in [0.29, 0.717) is 17.1 Å². The maximum Gasteiger partial charge on any atom is 0.344 e. The van der Waals surface area contributed by atoms with Crippen molar-refractivity contribution in [2.24, 2.45) is 0 Å². The molecule has 0 aliphatic carbocycles. The summed E-state index contributed by atoms with van der Waals surface area (Å²) in [5.41, 5.74) is 2.93. The second-order valence-electron chi connectivity index (χ2n) is 5.26. The predicted octanol–water partition coefficient (Wildman–Crippen LogP) is 4.49. The van der Waals surface area contributed by atoms with Gasteiger partial charge in [0.05, 0.1) is 21.8 Å².